The maximum absolute atomic E-state index is 12.7. The van der Waals surface area contributed by atoms with Gasteiger partial charge in [-0.2, -0.15) is 13.2 Å². The van der Waals surface area contributed by atoms with E-state index in [9.17, 15) is 22.8 Å². The molecule has 0 radical (unpaired) electrons. The lowest BCUT2D eigenvalue weighted by Gasteiger charge is -2.07. The fraction of sp³-hybridized carbons (Fsp3) is 0.400. The van der Waals surface area contributed by atoms with Gasteiger partial charge in [0, 0.05) is 19.7 Å². The molecule has 0 bridgehead atoms. The van der Waals surface area contributed by atoms with Gasteiger partial charge < -0.3 is 10.1 Å². The maximum Gasteiger partial charge on any atom is 0.435 e. The largest absolute Gasteiger partial charge is 0.466 e. The third kappa shape index (κ3) is 3.80. The van der Waals surface area contributed by atoms with Crippen molar-refractivity contribution in [2.45, 2.75) is 6.18 Å². The number of aromatic nitrogens is 3. The van der Waals surface area contributed by atoms with Gasteiger partial charge in [0.25, 0.3) is 5.91 Å². The van der Waals surface area contributed by atoms with Crippen LogP contribution >= 0.6 is 0 Å². The zero-order valence-corrected chi connectivity index (χ0v) is 10.6. The summed E-state index contributed by atoms with van der Waals surface area (Å²) in [5.74, 6) is -1.69. The van der Waals surface area contributed by atoms with E-state index in [1.165, 1.54) is 13.2 Å². The van der Waals surface area contributed by atoms with E-state index in [4.69, 9.17) is 0 Å². The summed E-state index contributed by atoms with van der Waals surface area (Å²) in [6.45, 7) is -0.151. The number of aryl methyl sites for hydroxylation is 1. The van der Waals surface area contributed by atoms with Gasteiger partial charge in [-0.15, -0.1) is 5.10 Å². The number of halogens is 3. The molecular formula is C10H11F3N4O3. The molecule has 0 saturated heterocycles. The van der Waals surface area contributed by atoms with Crippen molar-refractivity contribution in [1.29, 1.82) is 0 Å². The highest BCUT2D eigenvalue weighted by molar-refractivity contribution is 5.93. The highest BCUT2D eigenvalue weighted by Crippen LogP contribution is 2.30. The first-order chi connectivity index (χ1) is 9.27. The van der Waals surface area contributed by atoms with Crippen molar-refractivity contribution < 1.29 is 27.5 Å². The molecule has 0 saturated carbocycles. The van der Waals surface area contributed by atoms with Crippen LogP contribution in [0.1, 0.15) is 16.2 Å². The van der Waals surface area contributed by atoms with Gasteiger partial charge in [-0.05, 0) is 0 Å². The number of hydrogen-bond acceptors (Lipinski definition) is 5. The number of rotatable bonds is 4. The zero-order chi connectivity index (χ0) is 15.3. The van der Waals surface area contributed by atoms with Gasteiger partial charge in [0.05, 0.1) is 7.11 Å². The van der Waals surface area contributed by atoms with E-state index < -0.39 is 29.4 Å². The second-order valence-corrected chi connectivity index (χ2v) is 3.54. The van der Waals surface area contributed by atoms with Gasteiger partial charge >= 0.3 is 12.1 Å². The molecule has 1 heterocycles. The van der Waals surface area contributed by atoms with Gasteiger partial charge in [0.2, 0.25) is 0 Å². The van der Waals surface area contributed by atoms with Crippen molar-refractivity contribution >= 4 is 11.9 Å². The third-order valence-electron chi connectivity index (χ3n) is 2.15. The molecule has 1 aromatic heterocycles. The number of hydrogen-bond donors (Lipinski definition) is 1. The van der Waals surface area contributed by atoms with Crippen LogP contribution in [0.15, 0.2) is 12.2 Å². The van der Waals surface area contributed by atoms with Crippen molar-refractivity contribution in [3.63, 3.8) is 0 Å². The number of methoxy groups -OCH3 is 1. The Labute approximate surface area is 111 Å². The smallest absolute Gasteiger partial charge is 0.435 e. The van der Waals surface area contributed by atoms with Gasteiger partial charge in [-0.1, -0.05) is 11.3 Å². The molecule has 0 aliphatic heterocycles. The predicted molar refractivity (Wildman–Crippen MR) is 59.5 cm³/mol. The number of alkyl halides is 3. The van der Waals surface area contributed by atoms with Crippen molar-refractivity contribution in [3.8, 4) is 0 Å². The fourth-order valence-electron chi connectivity index (χ4n) is 1.29. The summed E-state index contributed by atoms with van der Waals surface area (Å²) >= 11 is 0. The Kier molecular flexibility index (Phi) is 4.83. The Balaban J connectivity index is 2.75. The van der Waals surface area contributed by atoms with E-state index in [0.717, 1.165) is 13.1 Å². The lowest BCUT2D eigenvalue weighted by Crippen LogP contribution is -2.27. The van der Waals surface area contributed by atoms with E-state index in [2.05, 4.69) is 20.4 Å². The van der Waals surface area contributed by atoms with Crippen LogP contribution in [0.2, 0.25) is 0 Å². The Bertz CT molecular complexity index is 536. The van der Waals surface area contributed by atoms with E-state index in [-0.39, 0.29) is 6.54 Å². The van der Waals surface area contributed by atoms with Gasteiger partial charge in [0.15, 0.2) is 11.4 Å². The number of esters is 1. The quantitative estimate of drug-likeness (QED) is 0.637. The molecule has 20 heavy (non-hydrogen) atoms. The molecule has 0 aromatic carbocycles. The molecular weight excluding hydrogens is 281 g/mol. The summed E-state index contributed by atoms with van der Waals surface area (Å²) in [6, 6.07) is 0. The number of carbonyl (C=O) groups excluding carboxylic acids is 2. The Hall–Kier alpha value is -2.39. The molecule has 0 spiro atoms. The third-order valence-corrected chi connectivity index (χ3v) is 2.15. The highest BCUT2D eigenvalue weighted by Gasteiger charge is 2.40. The molecule has 1 amide bonds. The number of nitrogens with one attached hydrogen (secondary N) is 1. The van der Waals surface area contributed by atoms with Crippen LogP contribution in [0.3, 0.4) is 0 Å². The molecule has 0 fully saturated rings. The molecule has 0 aliphatic carbocycles. The minimum absolute atomic E-state index is 0.151. The standard InChI is InChI=1S/C10H11F3N4O3/c1-17-8(10(11,12)13)7(15-16-17)9(19)14-5-3-4-6(18)20-2/h3-4H,5H2,1-2H3,(H,14,19)/b4-3+. The first-order valence-electron chi connectivity index (χ1n) is 5.27. The minimum atomic E-state index is -4.74. The van der Waals surface area contributed by atoms with E-state index >= 15 is 0 Å². The summed E-state index contributed by atoms with van der Waals surface area (Å²) in [7, 11) is 2.20. The van der Waals surface area contributed by atoms with E-state index in [1.807, 2.05) is 0 Å². The van der Waals surface area contributed by atoms with E-state index in [0.29, 0.717) is 4.68 Å². The van der Waals surface area contributed by atoms with Crippen LogP contribution in [0.5, 0.6) is 0 Å². The predicted octanol–water partition coefficient (Wildman–Crippen LogP) is 0.293. The normalized spacial score (nSPS) is 11.7. The first-order valence-corrected chi connectivity index (χ1v) is 5.27. The van der Waals surface area contributed by atoms with Crippen LogP contribution < -0.4 is 5.32 Å². The van der Waals surface area contributed by atoms with Crippen molar-refractivity contribution in [2.24, 2.45) is 7.05 Å². The summed E-state index contributed by atoms with van der Waals surface area (Å²) < 4.78 is 42.8. The first kappa shape index (κ1) is 15.7. The van der Waals surface area contributed by atoms with Crippen LogP contribution in [0.25, 0.3) is 0 Å². The number of nitrogens with zero attached hydrogens (tertiary/aromatic N) is 3. The van der Waals surface area contributed by atoms with Crippen LogP contribution in [-0.4, -0.2) is 40.5 Å². The van der Waals surface area contributed by atoms with Crippen LogP contribution in [0.4, 0.5) is 13.2 Å². The molecule has 10 heteroatoms. The average molecular weight is 292 g/mol. The van der Waals surface area contributed by atoms with Gasteiger partial charge in [0.1, 0.15) is 0 Å². The van der Waals surface area contributed by atoms with Crippen LogP contribution in [-0.2, 0) is 22.8 Å². The number of carbonyl (C=O) groups is 2. The lowest BCUT2D eigenvalue weighted by molar-refractivity contribution is -0.144. The highest BCUT2D eigenvalue weighted by atomic mass is 19.4. The van der Waals surface area contributed by atoms with Crippen molar-refractivity contribution in [2.75, 3.05) is 13.7 Å². The van der Waals surface area contributed by atoms with Crippen molar-refractivity contribution in [1.82, 2.24) is 20.3 Å². The molecule has 7 nitrogen and oxygen atoms in total. The summed E-state index contributed by atoms with van der Waals surface area (Å²) in [5, 5.41) is 8.50. The Morgan fingerprint density at radius 1 is 1.45 bits per heavy atom. The maximum atomic E-state index is 12.7. The molecule has 110 valence electrons. The molecule has 0 unspecified atom stereocenters. The van der Waals surface area contributed by atoms with Crippen LogP contribution in [0, 0.1) is 0 Å². The zero-order valence-electron chi connectivity index (χ0n) is 10.6. The monoisotopic (exact) mass is 292 g/mol. The molecule has 1 aromatic rings. The van der Waals surface area contributed by atoms with Gasteiger partial charge in [-0.3, -0.25) is 4.79 Å². The molecule has 0 aliphatic rings. The second kappa shape index (κ2) is 6.17. The van der Waals surface area contributed by atoms with E-state index in [1.54, 1.807) is 0 Å². The fourth-order valence-corrected chi connectivity index (χ4v) is 1.29. The minimum Gasteiger partial charge on any atom is -0.466 e. The summed E-state index contributed by atoms with van der Waals surface area (Å²) in [5.41, 5.74) is -2.07. The number of ether oxygens (including phenoxy) is 1. The van der Waals surface area contributed by atoms with Crippen molar-refractivity contribution in [3.05, 3.63) is 23.5 Å². The molecule has 1 rings (SSSR count). The Morgan fingerprint density at radius 3 is 2.65 bits per heavy atom. The molecule has 1 N–H and O–H groups in total. The number of amides is 1. The second-order valence-electron chi connectivity index (χ2n) is 3.54. The molecule has 0 atom stereocenters. The summed E-state index contributed by atoms with van der Waals surface area (Å²) in [4.78, 5) is 22.3. The SMILES string of the molecule is COC(=O)/C=C/CNC(=O)c1nnn(C)c1C(F)(F)F. The summed E-state index contributed by atoms with van der Waals surface area (Å²) in [6.07, 6.45) is -2.48. The van der Waals surface area contributed by atoms with Gasteiger partial charge in [-0.25, -0.2) is 9.48 Å². The topological polar surface area (TPSA) is 86.1 Å². The average Bonchev–Trinajstić information content (AvgIpc) is 2.75. The Morgan fingerprint density at radius 2 is 2.10 bits per heavy atom. The lowest BCUT2D eigenvalue weighted by atomic mass is 10.3.